The molecule has 0 amide bonds. The van der Waals surface area contributed by atoms with Crippen LogP contribution >= 0.6 is 0 Å². The van der Waals surface area contributed by atoms with Crippen LogP contribution in [-0.4, -0.2) is 32.9 Å². The number of hydrogen-bond donors (Lipinski definition) is 1. The van der Waals surface area contributed by atoms with E-state index in [1.807, 2.05) is 13.2 Å². The van der Waals surface area contributed by atoms with Gasteiger partial charge in [0.15, 0.2) is 5.82 Å². The molecule has 0 fully saturated rings. The summed E-state index contributed by atoms with van der Waals surface area (Å²) in [5.41, 5.74) is 3.10. The van der Waals surface area contributed by atoms with Crippen LogP contribution < -0.4 is 5.32 Å². The molecular formula is C13H17N5O. The van der Waals surface area contributed by atoms with Crippen LogP contribution in [0.25, 0.3) is 11.4 Å². The summed E-state index contributed by atoms with van der Waals surface area (Å²) in [5.74, 6) is 1.61. The van der Waals surface area contributed by atoms with Gasteiger partial charge in [0.1, 0.15) is 5.82 Å². The van der Waals surface area contributed by atoms with Crippen molar-refractivity contribution in [1.29, 1.82) is 0 Å². The molecule has 0 unspecified atom stereocenters. The van der Waals surface area contributed by atoms with E-state index in [9.17, 15) is 0 Å². The smallest absolute Gasteiger partial charge is 0.164 e. The molecule has 3 rings (SSSR count). The average Bonchev–Trinajstić information content (AvgIpc) is 2.86. The van der Waals surface area contributed by atoms with Gasteiger partial charge in [-0.25, -0.2) is 9.97 Å². The lowest BCUT2D eigenvalue weighted by molar-refractivity contribution is 0.109. The molecule has 0 atom stereocenters. The molecule has 0 aromatic carbocycles. The molecule has 6 nitrogen and oxygen atoms in total. The fourth-order valence-electron chi connectivity index (χ4n) is 2.21. The zero-order valence-corrected chi connectivity index (χ0v) is 11.2. The van der Waals surface area contributed by atoms with Crippen LogP contribution in [0.2, 0.25) is 0 Å². The Kier molecular flexibility index (Phi) is 3.16. The predicted octanol–water partition coefficient (Wildman–Crippen LogP) is 1.38. The van der Waals surface area contributed by atoms with Gasteiger partial charge < -0.3 is 10.1 Å². The molecule has 3 heterocycles. The van der Waals surface area contributed by atoms with Crippen LogP contribution in [0.5, 0.6) is 0 Å². The number of nitrogens with one attached hydrogen (secondary N) is 1. The first-order valence-electron chi connectivity index (χ1n) is 6.48. The van der Waals surface area contributed by atoms with Gasteiger partial charge in [-0.3, -0.25) is 4.68 Å². The van der Waals surface area contributed by atoms with E-state index in [0.717, 1.165) is 48.0 Å². The molecular weight excluding hydrogens is 242 g/mol. The number of hydrogen-bond acceptors (Lipinski definition) is 5. The topological polar surface area (TPSA) is 64.9 Å². The molecule has 0 saturated heterocycles. The van der Waals surface area contributed by atoms with Crippen molar-refractivity contribution in [2.75, 3.05) is 18.5 Å². The van der Waals surface area contributed by atoms with E-state index >= 15 is 0 Å². The maximum absolute atomic E-state index is 5.50. The van der Waals surface area contributed by atoms with Gasteiger partial charge in [0.25, 0.3) is 0 Å². The van der Waals surface area contributed by atoms with Crippen LogP contribution in [0.3, 0.4) is 0 Å². The second kappa shape index (κ2) is 4.97. The average molecular weight is 259 g/mol. The molecule has 2 aromatic rings. The zero-order chi connectivity index (χ0) is 13.2. The summed E-state index contributed by atoms with van der Waals surface area (Å²) in [6.45, 7) is 4.20. The summed E-state index contributed by atoms with van der Waals surface area (Å²) in [4.78, 5) is 9.26. The second-order valence-corrected chi connectivity index (χ2v) is 4.56. The third-order valence-corrected chi connectivity index (χ3v) is 3.13. The molecule has 1 aliphatic heterocycles. The van der Waals surface area contributed by atoms with Crippen LogP contribution in [-0.2, 0) is 24.8 Å². The highest BCUT2D eigenvalue weighted by Crippen LogP contribution is 2.25. The third kappa shape index (κ3) is 2.31. The van der Waals surface area contributed by atoms with E-state index < -0.39 is 0 Å². The molecule has 100 valence electrons. The Balaban J connectivity index is 2.08. The van der Waals surface area contributed by atoms with Crippen LogP contribution in [0.1, 0.15) is 18.2 Å². The van der Waals surface area contributed by atoms with Crippen molar-refractivity contribution in [2.45, 2.75) is 20.0 Å². The lowest BCUT2D eigenvalue weighted by atomic mass is 10.1. The molecule has 0 bridgehead atoms. The normalized spacial score (nSPS) is 14.2. The van der Waals surface area contributed by atoms with Crippen LogP contribution in [0.15, 0.2) is 12.4 Å². The number of ether oxygens (including phenoxy) is 1. The van der Waals surface area contributed by atoms with E-state index in [2.05, 4.69) is 27.3 Å². The van der Waals surface area contributed by atoms with E-state index in [4.69, 9.17) is 4.74 Å². The first-order valence-corrected chi connectivity index (χ1v) is 6.48. The van der Waals surface area contributed by atoms with Gasteiger partial charge in [0.2, 0.25) is 0 Å². The highest BCUT2D eigenvalue weighted by Gasteiger charge is 2.18. The van der Waals surface area contributed by atoms with Gasteiger partial charge in [0, 0.05) is 31.8 Å². The van der Waals surface area contributed by atoms with Gasteiger partial charge in [-0.1, -0.05) is 0 Å². The second-order valence-electron chi connectivity index (χ2n) is 4.56. The van der Waals surface area contributed by atoms with E-state index in [-0.39, 0.29) is 0 Å². The molecule has 0 saturated carbocycles. The molecule has 0 radical (unpaired) electrons. The highest BCUT2D eigenvalue weighted by molar-refractivity contribution is 5.58. The van der Waals surface area contributed by atoms with E-state index in [0.29, 0.717) is 6.61 Å². The largest absolute Gasteiger partial charge is 0.376 e. The quantitative estimate of drug-likeness (QED) is 0.902. The van der Waals surface area contributed by atoms with Crippen molar-refractivity contribution in [3.8, 4) is 11.4 Å². The third-order valence-electron chi connectivity index (χ3n) is 3.13. The van der Waals surface area contributed by atoms with Crippen molar-refractivity contribution in [1.82, 2.24) is 19.7 Å². The van der Waals surface area contributed by atoms with E-state index in [1.165, 1.54) is 0 Å². The Morgan fingerprint density at radius 2 is 2.32 bits per heavy atom. The molecule has 0 aliphatic carbocycles. The van der Waals surface area contributed by atoms with Gasteiger partial charge in [-0.2, -0.15) is 5.10 Å². The fourth-order valence-corrected chi connectivity index (χ4v) is 2.21. The monoisotopic (exact) mass is 259 g/mol. The van der Waals surface area contributed by atoms with Crippen molar-refractivity contribution in [3.63, 3.8) is 0 Å². The van der Waals surface area contributed by atoms with Crippen LogP contribution in [0.4, 0.5) is 5.82 Å². The molecule has 6 heteroatoms. The number of nitrogens with zero attached hydrogens (tertiary/aromatic N) is 4. The molecule has 1 N–H and O–H groups in total. The van der Waals surface area contributed by atoms with Crippen molar-refractivity contribution in [2.24, 2.45) is 7.05 Å². The number of anilines is 1. The Hall–Kier alpha value is -1.95. The summed E-state index contributed by atoms with van der Waals surface area (Å²) in [6.07, 6.45) is 4.55. The van der Waals surface area contributed by atoms with Gasteiger partial charge in [0.05, 0.1) is 30.7 Å². The molecule has 0 spiro atoms. The summed E-state index contributed by atoms with van der Waals surface area (Å²) >= 11 is 0. The summed E-state index contributed by atoms with van der Waals surface area (Å²) in [5, 5.41) is 7.47. The summed E-state index contributed by atoms with van der Waals surface area (Å²) in [7, 11) is 1.89. The predicted molar refractivity (Wildman–Crippen MR) is 71.8 cm³/mol. The lowest BCUT2D eigenvalue weighted by Crippen LogP contribution is -2.17. The summed E-state index contributed by atoms with van der Waals surface area (Å²) in [6, 6.07) is 0. The first kappa shape index (κ1) is 12.1. The van der Waals surface area contributed by atoms with Gasteiger partial charge >= 0.3 is 0 Å². The van der Waals surface area contributed by atoms with Crippen molar-refractivity contribution >= 4 is 5.82 Å². The maximum atomic E-state index is 5.50. The minimum absolute atomic E-state index is 0.588. The zero-order valence-electron chi connectivity index (χ0n) is 11.2. The first-order chi connectivity index (χ1) is 9.28. The Labute approximate surface area is 111 Å². The number of rotatable bonds is 3. The lowest BCUT2D eigenvalue weighted by Gasteiger charge is -2.19. The standard InChI is InChI=1S/C13H17N5O/c1-3-14-13-10-8-19-5-4-11(10)16-12(17-13)9-6-15-18(2)7-9/h6-7H,3-5,8H2,1-2H3,(H,14,16,17). The number of aromatic nitrogens is 4. The maximum Gasteiger partial charge on any atom is 0.164 e. The number of aryl methyl sites for hydroxylation is 1. The fraction of sp³-hybridized carbons (Fsp3) is 0.462. The van der Waals surface area contributed by atoms with Crippen molar-refractivity contribution in [3.05, 3.63) is 23.7 Å². The number of fused-ring (bicyclic) bond motifs is 1. The van der Waals surface area contributed by atoms with Crippen molar-refractivity contribution < 1.29 is 4.74 Å². The summed E-state index contributed by atoms with van der Waals surface area (Å²) < 4.78 is 7.25. The Morgan fingerprint density at radius 3 is 3.05 bits per heavy atom. The Morgan fingerprint density at radius 1 is 1.42 bits per heavy atom. The SMILES string of the molecule is CCNc1nc(-c2cnn(C)c2)nc2c1COCC2. The Bertz CT molecular complexity index is 593. The molecule has 19 heavy (non-hydrogen) atoms. The highest BCUT2D eigenvalue weighted by atomic mass is 16.5. The molecule has 1 aliphatic rings. The van der Waals surface area contributed by atoms with E-state index in [1.54, 1.807) is 10.9 Å². The minimum atomic E-state index is 0.588. The van der Waals surface area contributed by atoms with Gasteiger partial charge in [-0.05, 0) is 6.92 Å². The van der Waals surface area contributed by atoms with Crippen LogP contribution in [0, 0.1) is 0 Å². The molecule has 2 aromatic heterocycles. The van der Waals surface area contributed by atoms with Gasteiger partial charge in [-0.15, -0.1) is 0 Å². The minimum Gasteiger partial charge on any atom is -0.376 e.